The van der Waals surface area contributed by atoms with Gasteiger partial charge in [0, 0.05) is 17.0 Å². The monoisotopic (exact) mass is 330 g/mol. The lowest BCUT2D eigenvalue weighted by Gasteiger charge is -2.20. The Kier molecular flexibility index (Phi) is 3.74. The number of hydrogen-bond acceptors (Lipinski definition) is 2. The molecule has 24 heavy (non-hydrogen) atoms. The molecule has 0 spiro atoms. The van der Waals surface area contributed by atoms with Gasteiger partial charge in [-0.3, -0.25) is 0 Å². The molecule has 4 nitrogen and oxygen atoms in total. The number of benzene rings is 1. The molecular formula is C19H23FN2O2. The lowest BCUT2D eigenvalue weighted by Crippen LogP contribution is -2.45. The van der Waals surface area contributed by atoms with Crippen molar-refractivity contribution in [1.82, 2.24) is 10.6 Å². The summed E-state index contributed by atoms with van der Waals surface area (Å²) < 4.78 is 19.3. The standard InChI is InChI=1S/C19H23FN2O2/c1-10-15-9-14(20)7-8-16(15)24-18(10)11(2)21-19(23)22-17(12-3-4-12)13-5-6-13/h7-9,11-13,17H,3-6H2,1-2H3,(H2,21,22,23). The summed E-state index contributed by atoms with van der Waals surface area (Å²) in [6.07, 6.45) is 4.91. The molecule has 2 aliphatic carbocycles. The van der Waals surface area contributed by atoms with Gasteiger partial charge in [0.2, 0.25) is 0 Å². The number of amides is 2. The van der Waals surface area contributed by atoms with Crippen LogP contribution in [0.25, 0.3) is 11.0 Å². The number of rotatable bonds is 5. The summed E-state index contributed by atoms with van der Waals surface area (Å²) in [7, 11) is 0. The quantitative estimate of drug-likeness (QED) is 0.852. The summed E-state index contributed by atoms with van der Waals surface area (Å²) in [5.74, 6) is 1.72. The topological polar surface area (TPSA) is 54.3 Å². The van der Waals surface area contributed by atoms with Crippen molar-refractivity contribution in [3.05, 3.63) is 35.3 Å². The van der Waals surface area contributed by atoms with E-state index in [2.05, 4.69) is 10.6 Å². The highest BCUT2D eigenvalue weighted by Gasteiger charge is 2.42. The second-order valence-electron chi connectivity index (χ2n) is 7.27. The Bertz CT molecular complexity index is 765. The first-order chi connectivity index (χ1) is 11.5. The molecule has 0 aliphatic heterocycles. The van der Waals surface area contributed by atoms with Crippen LogP contribution in [0.2, 0.25) is 0 Å². The molecule has 0 saturated heterocycles. The van der Waals surface area contributed by atoms with Gasteiger partial charge in [-0.15, -0.1) is 0 Å². The summed E-state index contributed by atoms with van der Waals surface area (Å²) in [5, 5.41) is 6.88. The lowest BCUT2D eigenvalue weighted by molar-refractivity contribution is 0.228. The molecule has 1 unspecified atom stereocenters. The Labute approximate surface area is 140 Å². The SMILES string of the molecule is Cc1c(C(C)NC(=O)NC(C2CC2)C2CC2)oc2ccc(F)cc12. The molecule has 1 atom stereocenters. The van der Waals surface area contributed by atoms with Gasteiger partial charge in [-0.2, -0.15) is 0 Å². The summed E-state index contributed by atoms with van der Waals surface area (Å²) in [4.78, 5) is 12.4. The molecule has 2 aliphatic rings. The number of carbonyl (C=O) groups is 1. The van der Waals surface area contributed by atoms with Crippen LogP contribution in [-0.2, 0) is 0 Å². The Morgan fingerprint density at radius 1 is 1.21 bits per heavy atom. The zero-order chi connectivity index (χ0) is 16.8. The smallest absolute Gasteiger partial charge is 0.315 e. The maximum atomic E-state index is 13.4. The fraction of sp³-hybridized carbons (Fsp3) is 0.526. The van der Waals surface area contributed by atoms with Crippen LogP contribution in [0.1, 0.15) is 50.0 Å². The molecule has 1 heterocycles. The molecule has 0 bridgehead atoms. The van der Waals surface area contributed by atoms with Gasteiger partial charge < -0.3 is 15.1 Å². The Balaban J connectivity index is 1.46. The molecule has 1 aromatic heterocycles. The predicted molar refractivity (Wildman–Crippen MR) is 90.2 cm³/mol. The molecule has 2 fully saturated rings. The largest absolute Gasteiger partial charge is 0.459 e. The highest BCUT2D eigenvalue weighted by atomic mass is 19.1. The Morgan fingerprint density at radius 2 is 1.88 bits per heavy atom. The van der Waals surface area contributed by atoms with Crippen molar-refractivity contribution in [3.8, 4) is 0 Å². The van der Waals surface area contributed by atoms with E-state index < -0.39 is 0 Å². The van der Waals surface area contributed by atoms with Crippen LogP contribution in [0.5, 0.6) is 0 Å². The van der Waals surface area contributed by atoms with E-state index in [4.69, 9.17) is 4.42 Å². The van der Waals surface area contributed by atoms with Gasteiger partial charge in [-0.25, -0.2) is 9.18 Å². The highest BCUT2D eigenvalue weighted by Crippen LogP contribution is 2.44. The third-order valence-electron chi connectivity index (χ3n) is 5.23. The number of furan rings is 1. The molecule has 1 aromatic carbocycles. The van der Waals surface area contributed by atoms with Crippen molar-refractivity contribution < 1.29 is 13.6 Å². The number of halogens is 1. The van der Waals surface area contributed by atoms with Crippen LogP contribution in [0.4, 0.5) is 9.18 Å². The van der Waals surface area contributed by atoms with Crippen LogP contribution >= 0.6 is 0 Å². The van der Waals surface area contributed by atoms with Gasteiger partial charge >= 0.3 is 6.03 Å². The average molecular weight is 330 g/mol. The molecule has 2 N–H and O–H groups in total. The average Bonchev–Trinajstić information content (AvgIpc) is 3.44. The van der Waals surface area contributed by atoms with E-state index in [0.717, 1.165) is 10.9 Å². The van der Waals surface area contributed by atoms with Crippen molar-refractivity contribution in [3.63, 3.8) is 0 Å². The van der Waals surface area contributed by atoms with E-state index in [0.29, 0.717) is 29.2 Å². The van der Waals surface area contributed by atoms with Crippen molar-refractivity contribution >= 4 is 17.0 Å². The van der Waals surface area contributed by atoms with Gasteiger partial charge in [0.25, 0.3) is 0 Å². The third kappa shape index (κ3) is 2.99. The molecule has 128 valence electrons. The van der Waals surface area contributed by atoms with Crippen LogP contribution in [0.15, 0.2) is 22.6 Å². The van der Waals surface area contributed by atoms with E-state index in [9.17, 15) is 9.18 Å². The zero-order valence-electron chi connectivity index (χ0n) is 14.1. The van der Waals surface area contributed by atoms with Gasteiger partial charge in [0.15, 0.2) is 0 Å². The number of carbonyl (C=O) groups excluding carboxylic acids is 1. The number of fused-ring (bicyclic) bond motifs is 1. The molecule has 0 radical (unpaired) electrons. The summed E-state index contributed by atoms with van der Waals surface area (Å²) in [5.41, 5.74) is 1.52. The van der Waals surface area contributed by atoms with Crippen molar-refractivity contribution in [1.29, 1.82) is 0 Å². The van der Waals surface area contributed by atoms with E-state index in [1.54, 1.807) is 6.07 Å². The third-order valence-corrected chi connectivity index (χ3v) is 5.23. The first-order valence-corrected chi connectivity index (χ1v) is 8.78. The first-order valence-electron chi connectivity index (χ1n) is 8.78. The molecule has 5 heteroatoms. The fourth-order valence-corrected chi connectivity index (χ4v) is 3.61. The van der Waals surface area contributed by atoms with Gasteiger partial charge in [0.05, 0.1) is 6.04 Å². The molecular weight excluding hydrogens is 307 g/mol. The normalized spacial score (nSPS) is 18.8. The molecule has 2 aromatic rings. The van der Waals surface area contributed by atoms with Crippen molar-refractivity contribution in [2.24, 2.45) is 11.8 Å². The second-order valence-corrected chi connectivity index (χ2v) is 7.27. The minimum absolute atomic E-state index is 0.141. The van der Waals surface area contributed by atoms with E-state index >= 15 is 0 Å². The fourth-order valence-electron chi connectivity index (χ4n) is 3.61. The van der Waals surface area contributed by atoms with E-state index in [1.165, 1.54) is 37.8 Å². The Hall–Kier alpha value is -2.04. The number of nitrogens with one attached hydrogen (secondary N) is 2. The van der Waals surface area contributed by atoms with Crippen molar-refractivity contribution in [2.45, 2.75) is 51.6 Å². The van der Waals surface area contributed by atoms with Crippen LogP contribution in [0, 0.1) is 24.6 Å². The van der Waals surface area contributed by atoms with Crippen LogP contribution in [-0.4, -0.2) is 12.1 Å². The lowest BCUT2D eigenvalue weighted by atomic mass is 10.1. The van der Waals surface area contributed by atoms with E-state index in [1.807, 2.05) is 13.8 Å². The molecule has 4 rings (SSSR count). The minimum atomic E-state index is -0.284. The van der Waals surface area contributed by atoms with Gasteiger partial charge in [0.1, 0.15) is 17.2 Å². The zero-order valence-corrected chi connectivity index (χ0v) is 14.1. The number of aryl methyl sites for hydroxylation is 1. The maximum Gasteiger partial charge on any atom is 0.315 e. The molecule has 2 amide bonds. The van der Waals surface area contributed by atoms with Gasteiger partial charge in [-0.05, 0) is 69.6 Å². The summed E-state index contributed by atoms with van der Waals surface area (Å²) in [6, 6.07) is 4.40. The second kappa shape index (κ2) is 5.80. The molecule has 2 saturated carbocycles. The summed E-state index contributed by atoms with van der Waals surface area (Å²) >= 11 is 0. The van der Waals surface area contributed by atoms with E-state index in [-0.39, 0.29) is 17.9 Å². The Morgan fingerprint density at radius 3 is 2.50 bits per heavy atom. The van der Waals surface area contributed by atoms with Gasteiger partial charge in [-0.1, -0.05) is 0 Å². The maximum absolute atomic E-state index is 13.4. The highest BCUT2D eigenvalue weighted by molar-refractivity contribution is 5.82. The first kappa shape index (κ1) is 15.5. The van der Waals surface area contributed by atoms with Crippen molar-refractivity contribution in [2.75, 3.05) is 0 Å². The number of urea groups is 1. The van der Waals surface area contributed by atoms with Crippen LogP contribution in [0.3, 0.4) is 0 Å². The predicted octanol–water partition coefficient (Wildman–Crippen LogP) is 4.43. The number of hydrogen-bond donors (Lipinski definition) is 2. The minimum Gasteiger partial charge on any atom is -0.459 e. The van der Waals surface area contributed by atoms with Crippen LogP contribution < -0.4 is 10.6 Å². The summed E-state index contributed by atoms with van der Waals surface area (Å²) in [6.45, 7) is 3.79.